The number of aromatic nitrogens is 3. The minimum absolute atomic E-state index is 0.606. The maximum absolute atomic E-state index is 5.48. The zero-order valence-corrected chi connectivity index (χ0v) is 7.14. The van der Waals surface area contributed by atoms with Crippen LogP contribution in [0, 0.1) is 0 Å². The third-order valence-corrected chi connectivity index (χ3v) is 1.90. The van der Waals surface area contributed by atoms with Crippen LogP contribution in [0.15, 0.2) is 24.8 Å². The summed E-state index contributed by atoms with van der Waals surface area (Å²) < 4.78 is 0. The third-order valence-electron chi connectivity index (χ3n) is 1.90. The summed E-state index contributed by atoms with van der Waals surface area (Å²) in [6.07, 6.45) is 5.81. The second-order valence-electron chi connectivity index (χ2n) is 2.75. The van der Waals surface area contributed by atoms with Gasteiger partial charge in [0.2, 0.25) is 0 Å². The first-order chi connectivity index (χ1) is 6.42. The molecule has 2 heterocycles. The second-order valence-corrected chi connectivity index (χ2v) is 2.75. The van der Waals surface area contributed by atoms with Gasteiger partial charge in [-0.2, -0.15) is 0 Å². The van der Waals surface area contributed by atoms with Crippen molar-refractivity contribution < 1.29 is 0 Å². The molecule has 2 aromatic rings. The lowest BCUT2D eigenvalue weighted by Gasteiger charge is -2.01. The molecule has 0 aromatic carbocycles. The molecule has 0 fully saturated rings. The summed E-state index contributed by atoms with van der Waals surface area (Å²) in [4.78, 5) is 12.3. The van der Waals surface area contributed by atoms with Crippen molar-refractivity contribution >= 4 is 10.9 Å². The minimum Gasteiger partial charge on any atom is -0.330 e. The molecule has 0 aliphatic carbocycles. The highest BCUT2D eigenvalue weighted by atomic mass is 14.8. The van der Waals surface area contributed by atoms with Gasteiger partial charge >= 0.3 is 0 Å². The summed E-state index contributed by atoms with van der Waals surface area (Å²) in [5.74, 6) is 0. The monoisotopic (exact) mass is 174 g/mol. The van der Waals surface area contributed by atoms with Crippen molar-refractivity contribution in [1.82, 2.24) is 15.0 Å². The van der Waals surface area contributed by atoms with E-state index in [1.165, 1.54) is 0 Å². The highest BCUT2D eigenvalue weighted by Crippen LogP contribution is 2.12. The van der Waals surface area contributed by atoms with Crippen LogP contribution in [0.3, 0.4) is 0 Å². The van der Waals surface area contributed by atoms with Crippen LogP contribution in [0.25, 0.3) is 10.9 Å². The van der Waals surface area contributed by atoms with Crippen molar-refractivity contribution in [3.05, 3.63) is 30.5 Å². The van der Waals surface area contributed by atoms with Gasteiger partial charge in [-0.25, -0.2) is 9.97 Å². The standard InChI is InChI=1S/C9H10N4/c10-3-1-8-7-2-4-11-5-9(7)13-6-12-8/h2,4-6H,1,3,10H2. The van der Waals surface area contributed by atoms with E-state index in [0.29, 0.717) is 6.54 Å². The number of nitrogens with two attached hydrogens (primary N) is 1. The van der Waals surface area contributed by atoms with Gasteiger partial charge in [-0.15, -0.1) is 0 Å². The Labute approximate surface area is 75.8 Å². The lowest BCUT2D eigenvalue weighted by Crippen LogP contribution is -2.05. The predicted octanol–water partition coefficient (Wildman–Crippen LogP) is 0.526. The summed E-state index contributed by atoms with van der Waals surface area (Å²) in [7, 11) is 0. The Hall–Kier alpha value is -1.55. The van der Waals surface area contributed by atoms with Gasteiger partial charge in [0, 0.05) is 18.0 Å². The zero-order valence-electron chi connectivity index (χ0n) is 7.14. The number of hydrogen-bond acceptors (Lipinski definition) is 4. The van der Waals surface area contributed by atoms with Crippen molar-refractivity contribution in [2.24, 2.45) is 5.73 Å². The molecule has 0 aliphatic heterocycles. The van der Waals surface area contributed by atoms with Crippen LogP contribution >= 0.6 is 0 Å². The van der Waals surface area contributed by atoms with Gasteiger partial charge in [0.15, 0.2) is 0 Å². The molecule has 66 valence electrons. The van der Waals surface area contributed by atoms with E-state index in [-0.39, 0.29) is 0 Å². The van der Waals surface area contributed by atoms with Gasteiger partial charge in [0.25, 0.3) is 0 Å². The molecule has 0 radical (unpaired) electrons. The molecule has 13 heavy (non-hydrogen) atoms. The molecule has 0 spiro atoms. The van der Waals surface area contributed by atoms with Crippen LogP contribution < -0.4 is 5.73 Å². The first-order valence-corrected chi connectivity index (χ1v) is 4.15. The molecule has 0 bridgehead atoms. The summed E-state index contributed by atoms with van der Waals surface area (Å²) in [6, 6.07) is 1.92. The molecule has 2 rings (SSSR count). The molecule has 0 aliphatic rings. The van der Waals surface area contributed by atoms with E-state index in [2.05, 4.69) is 15.0 Å². The smallest absolute Gasteiger partial charge is 0.116 e. The average Bonchev–Trinajstić information content (AvgIpc) is 2.19. The summed E-state index contributed by atoms with van der Waals surface area (Å²) >= 11 is 0. The first-order valence-electron chi connectivity index (χ1n) is 4.15. The van der Waals surface area contributed by atoms with Crippen molar-refractivity contribution in [2.75, 3.05) is 6.54 Å². The normalized spacial score (nSPS) is 10.5. The summed E-state index contributed by atoms with van der Waals surface area (Å²) in [5.41, 5.74) is 7.35. The van der Waals surface area contributed by atoms with E-state index >= 15 is 0 Å². The summed E-state index contributed by atoms with van der Waals surface area (Å²) in [5, 5.41) is 1.04. The van der Waals surface area contributed by atoms with Gasteiger partial charge in [-0.05, 0) is 12.6 Å². The molecule has 0 unspecified atom stereocenters. The van der Waals surface area contributed by atoms with Crippen molar-refractivity contribution in [3.63, 3.8) is 0 Å². The molecule has 0 saturated carbocycles. The highest BCUT2D eigenvalue weighted by molar-refractivity contribution is 5.79. The SMILES string of the molecule is NCCc1ncnc2cnccc12. The van der Waals surface area contributed by atoms with Crippen LogP contribution in [0.5, 0.6) is 0 Å². The van der Waals surface area contributed by atoms with Crippen molar-refractivity contribution in [3.8, 4) is 0 Å². The topological polar surface area (TPSA) is 64.7 Å². The Balaban J connectivity index is 2.61. The fraction of sp³-hybridized carbons (Fsp3) is 0.222. The number of hydrogen-bond donors (Lipinski definition) is 1. The van der Waals surface area contributed by atoms with Crippen molar-refractivity contribution in [2.45, 2.75) is 6.42 Å². The average molecular weight is 174 g/mol. The fourth-order valence-corrected chi connectivity index (χ4v) is 1.30. The number of pyridine rings is 1. The molecule has 2 N–H and O–H groups in total. The molecule has 2 aromatic heterocycles. The predicted molar refractivity (Wildman–Crippen MR) is 50.1 cm³/mol. The van der Waals surface area contributed by atoms with E-state index in [9.17, 15) is 0 Å². The van der Waals surface area contributed by atoms with E-state index in [1.54, 1.807) is 18.7 Å². The lowest BCUT2D eigenvalue weighted by atomic mass is 10.2. The molecular weight excluding hydrogens is 164 g/mol. The van der Waals surface area contributed by atoms with Gasteiger partial charge in [-0.3, -0.25) is 4.98 Å². The Morgan fingerprint density at radius 3 is 3.08 bits per heavy atom. The molecular formula is C9H10N4. The first kappa shape index (κ1) is 8.07. The third kappa shape index (κ3) is 1.48. The maximum atomic E-state index is 5.48. The van der Waals surface area contributed by atoms with Crippen LogP contribution in [0.4, 0.5) is 0 Å². The Morgan fingerprint density at radius 1 is 1.31 bits per heavy atom. The van der Waals surface area contributed by atoms with Gasteiger partial charge in [-0.1, -0.05) is 0 Å². The molecule has 0 amide bonds. The van der Waals surface area contributed by atoms with Crippen LogP contribution in [0.1, 0.15) is 5.69 Å². The molecule has 4 heteroatoms. The van der Waals surface area contributed by atoms with E-state index in [1.807, 2.05) is 6.07 Å². The molecule has 4 nitrogen and oxygen atoms in total. The zero-order chi connectivity index (χ0) is 9.10. The number of nitrogens with zero attached hydrogens (tertiary/aromatic N) is 3. The Kier molecular flexibility index (Phi) is 2.14. The summed E-state index contributed by atoms with van der Waals surface area (Å²) in [6.45, 7) is 0.606. The number of rotatable bonds is 2. The number of fused-ring (bicyclic) bond motifs is 1. The molecule has 0 saturated heterocycles. The quantitative estimate of drug-likeness (QED) is 0.721. The maximum Gasteiger partial charge on any atom is 0.116 e. The van der Waals surface area contributed by atoms with E-state index in [4.69, 9.17) is 5.73 Å². The van der Waals surface area contributed by atoms with Gasteiger partial charge in [0.1, 0.15) is 6.33 Å². The van der Waals surface area contributed by atoms with E-state index < -0.39 is 0 Å². The van der Waals surface area contributed by atoms with Crippen LogP contribution in [-0.4, -0.2) is 21.5 Å². The van der Waals surface area contributed by atoms with E-state index in [0.717, 1.165) is 23.0 Å². The fourth-order valence-electron chi connectivity index (χ4n) is 1.30. The Bertz CT molecular complexity index is 408. The van der Waals surface area contributed by atoms with Gasteiger partial charge in [0.05, 0.1) is 17.4 Å². The molecule has 0 atom stereocenters. The second kappa shape index (κ2) is 3.45. The lowest BCUT2D eigenvalue weighted by molar-refractivity contribution is 0.925. The van der Waals surface area contributed by atoms with Gasteiger partial charge < -0.3 is 5.73 Å². The van der Waals surface area contributed by atoms with Crippen LogP contribution in [0.2, 0.25) is 0 Å². The Morgan fingerprint density at radius 2 is 2.23 bits per heavy atom. The largest absolute Gasteiger partial charge is 0.330 e. The van der Waals surface area contributed by atoms with Crippen molar-refractivity contribution in [1.29, 1.82) is 0 Å². The highest BCUT2D eigenvalue weighted by Gasteiger charge is 2.00. The van der Waals surface area contributed by atoms with Crippen LogP contribution in [-0.2, 0) is 6.42 Å². The minimum atomic E-state index is 0.606.